The molecule has 2 atom stereocenters. The van der Waals surface area contributed by atoms with Crippen molar-refractivity contribution in [1.82, 2.24) is 21.1 Å². The molecule has 4 amide bonds. The highest BCUT2D eigenvalue weighted by molar-refractivity contribution is 8.77. The lowest BCUT2D eigenvalue weighted by Crippen LogP contribution is -2.58. The van der Waals surface area contributed by atoms with Crippen LogP contribution in [0.4, 0.5) is 0 Å². The first-order valence-corrected chi connectivity index (χ1v) is 21.5. The normalized spacial score (nSPS) is 13.5. The fourth-order valence-corrected chi connectivity index (χ4v) is 7.76. The molecule has 0 spiro atoms. The van der Waals surface area contributed by atoms with Gasteiger partial charge >= 0.3 is 0 Å². The van der Waals surface area contributed by atoms with Crippen LogP contribution in [0.2, 0.25) is 0 Å². The molecule has 0 aliphatic carbocycles. The molecule has 57 heavy (non-hydrogen) atoms. The summed E-state index contributed by atoms with van der Waals surface area (Å²) in [6, 6.07) is 7.41. The molecule has 0 aliphatic heterocycles. The van der Waals surface area contributed by atoms with E-state index in [9.17, 15) is 29.4 Å². The minimum atomic E-state index is -1.19. The molecule has 310 valence electrons. The van der Waals surface area contributed by atoms with Gasteiger partial charge in [-0.05, 0) is 58.8 Å². The molecule has 2 aromatic rings. The summed E-state index contributed by atoms with van der Waals surface area (Å²) >= 11 is 0. The highest BCUT2D eigenvalue weighted by Crippen LogP contribution is 2.39. The zero-order chi connectivity index (χ0) is 41.7. The second-order valence-electron chi connectivity index (χ2n) is 13.4. The third-order valence-electron chi connectivity index (χ3n) is 8.14. The van der Waals surface area contributed by atoms with Crippen LogP contribution in [0.15, 0.2) is 114 Å². The summed E-state index contributed by atoms with van der Waals surface area (Å²) in [7, 11) is 2.39. The van der Waals surface area contributed by atoms with Crippen LogP contribution in [0, 0.1) is 0 Å². The van der Waals surface area contributed by atoms with E-state index in [4.69, 9.17) is 10.3 Å². The van der Waals surface area contributed by atoms with Gasteiger partial charge in [-0.3, -0.25) is 19.2 Å². The number of rotatable bonds is 28. The molecule has 1 heterocycles. The molecule has 2 rings (SSSR count). The third kappa shape index (κ3) is 20.4. The average molecular weight is 822 g/mol. The number of hydrogen-bond acceptors (Lipinski definition) is 10. The smallest absolute Gasteiger partial charge is 0.274 e. The first-order chi connectivity index (χ1) is 27.5. The highest BCUT2D eigenvalue weighted by atomic mass is 33.1. The van der Waals surface area contributed by atoms with Crippen LogP contribution < -0.4 is 21.7 Å². The number of nitrogens with two attached hydrogens (primary N) is 1. The number of benzene rings is 1. The number of carbonyl (C=O) groups excluding carboxylic acids is 4. The maximum atomic E-state index is 13.4. The molecule has 1 aromatic carbocycles. The fourth-order valence-electron chi connectivity index (χ4n) is 4.93. The van der Waals surface area contributed by atoms with Gasteiger partial charge in [-0.2, -0.15) is 0 Å². The Bertz CT molecular complexity index is 1680. The number of carbonyl (C=O) groups is 4. The summed E-state index contributed by atoms with van der Waals surface area (Å²) in [5, 5.41) is 30.9. The Hall–Kier alpha value is -4.63. The van der Waals surface area contributed by atoms with E-state index in [1.807, 2.05) is 30.4 Å². The number of hydrogen-bond donors (Lipinski definition) is 6. The molecular formula is C43H59N5O7S2. The maximum absolute atomic E-state index is 13.4. The Balaban J connectivity index is 1.82. The molecule has 0 fully saturated rings. The van der Waals surface area contributed by atoms with E-state index in [1.165, 1.54) is 27.7 Å². The summed E-state index contributed by atoms with van der Waals surface area (Å²) in [6.07, 6.45) is 31.6. The fraction of sp³-hybridized carbons (Fsp3) is 0.419. The van der Waals surface area contributed by atoms with Crippen molar-refractivity contribution in [2.24, 2.45) is 5.73 Å². The topological polar surface area (TPSA) is 197 Å². The molecule has 1 aromatic heterocycles. The summed E-state index contributed by atoms with van der Waals surface area (Å²) in [5.74, 6) is -1.91. The van der Waals surface area contributed by atoms with Crippen molar-refractivity contribution in [2.75, 3.05) is 19.0 Å². The number of nitrogens with zero attached hydrogens (tertiary/aromatic N) is 1. The van der Waals surface area contributed by atoms with Crippen molar-refractivity contribution in [3.05, 3.63) is 115 Å². The predicted octanol–water partition coefficient (Wildman–Crippen LogP) is 6.52. The van der Waals surface area contributed by atoms with Crippen LogP contribution >= 0.6 is 21.6 Å². The molecule has 12 nitrogen and oxygen atoms in total. The number of aromatic nitrogens is 1. The average Bonchev–Trinajstić information content (AvgIpc) is 3.70. The zero-order valence-electron chi connectivity index (χ0n) is 33.2. The monoisotopic (exact) mass is 821 g/mol. The minimum absolute atomic E-state index is 0.0542. The summed E-state index contributed by atoms with van der Waals surface area (Å²) < 4.78 is 4.33. The Morgan fingerprint density at radius 1 is 0.807 bits per heavy atom. The van der Waals surface area contributed by atoms with Gasteiger partial charge < -0.3 is 36.4 Å². The van der Waals surface area contributed by atoms with E-state index in [1.54, 1.807) is 26.0 Å². The van der Waals surface area contributed by atoms with Gasteiger partial charge in [0.2, 0.25) is 17.7 Å². The highest BCUT2D eigenvalue weighted by Gasteiger charge is 2.39. The lowest BCUT2D eigenvalue weighted by molar-refractivity contribution is -0.126. The van der Waals surface area contributed by atoms with E-state index in [0.717, 1.165) is 38.5 Å². The molecule has 0 bridgehead atoms. The number of nitrogens with one attached hydrogen (secondary N) is 3. The predicted molar refractivity (Wildman–Crippen MR) is 232 cm³/mol. The first kappa shape index (κ1) is 48.5. The van der Waals surface area contributed by atoms with Gasteiger partial charge in [0.25, 0.3) is 5.91 Å². The van der Waals surface area contributed by atoms with Crippen LogP contribution in [0.1, 0.15) is 82.6 Å². The SMILES string of the molecule is CC/C=C\C/C=C\C/C=C\C/C=C\C/C=C\C/C=C\CCC(=O)NC(CSSC(C)(C)C(NC(=O)c1cc(-c2ccccc2)on1)C(=O)NC(CO)CO)C(N)=O. The number of allylic oxidation sites excluding steroid dienone is 12. The van der Waals surface area contributed by atoms with Crippen LogP contribution in [0.25, 0.3) is 11.3 Å². The summed E-state index contributed by atoms with van der Waals surface area (Å²) in [6.45, 7) is 4.52. The van der Waals surface area contributed by atoms with Crippen molar-refractivity contribution in [2.45, 2.75) is 95.0 Å². The van der Waals surface area contributed by atoms with Gasteiger partial charge in [-0.25, -0.2) is 0 Å². The number of primary amides is 1. The summed E-state index contributed by atoms with van der Waals surface area (Å²) in [5.41, 5.74) is 6.27. The molecule has 2 unspecified atom stereocenters. The van der Waals surface area contributed by atoms with E-state index in [0.29, 0.717) is 17.7 Å². The Morgan fingerprint density at radius 2 is 1.35 bits per heavy atom. The van der Waals surface area contributed by atoms with Gasteiger partial charge in [0.1, 0.15) is 12.1 Å². The van der Waals surface area contributed by atoms with Crippen molar-refractivity contribution < 1.29 is 33.9 Å². The van der Waals surface area contributed by atoms with E-state index >= 15 is 0 Å². The molecule has 7 N–H and O–H groups in total. The van der Waals surface area contributed by atoms with Crippen LogP contribution in [0.5, 0.6) is 0 Å². The maximum Gasteiger partial charge on any atom is 0.274 e. The van der Waals surface area contributed by atoms with Crippen LogP contribution in [0.3, 0.4) is 0 Å². The van der Waals surface area contributed by atoms with Crippen molar-refractivity contribution in [3.63, 3.8) is 0 Å². The second-order valence-corrected chi connectivity index (χ2v) is 16.4. The molecule has 0 aliphatic rings. The Morgan fingerprint density at radius 3 is 1.88 bits per heavy atom. The lowest BCUT2D eigenvalue weighted by Gasteiger charge is -2.33. The van der Waals surface area contributed by atoms with E-state index in [2.05, 4.69) is 88.8 Å². The standard InChI is InChI=1S/C43H59N5O7S2/c1-4-5-6-7-8-9-10-11-12-13-14-15-16-17-18-19-20-21-25-28-38(51)46-36(40(44)52)32-56-57-43(2,3)39(42(54)45-34(30-49)31-50)47-41(53)35-29-37(55-48-35)33-26-23-22-24-27-33/h5-6,8-9,11-12,14-15,17-18,20-24,26-27,29,34,36,39,49-50H,4,7,10,13,16,19,25,28,30-32H2,1-3H3,(H2,44,52)(H,45,54)(H,46,51)(H,47,53)/b6-5-,9-8-,12-11-,15-14-,18-17-,21-20-. The molecular weight excluding hydrogens is 763 g/mol. The van der Waals surface area contributed by atoms with Crippen LogP contribution in [-0.4, -0.2) is 80.8 Å². The van der Waals surface area contributed by atoms with Gasteiger partial charge in [0, 0.05) is 28.6 Å². The number of amides is 4. The van der Waals surface area contributed by atoms with E-state index < -0.39 is 53.8 Å². The lowest BCUT2D eigenvalue weighted by atomic mass is 10.0. The zero-order valence-corrected chi connectivity index (χ0v) is 34.8. The Labute approximate surface area is 345 Å². The largest absolute Gasteiger partial charge is 0.394 e. The summed E-state index contributed by atoms with van der Waals surface area (Å²) in [4.78, 5) is 51.6. The molecule has 0 saturated heterocycles. The Kier molecular flexibility index (Phi) is 24.4. The number of aliphatic hydroxyl groups excluding tert-OH is 2. The first-order valence-electron chi connectivity index (χ1n) is 19.2. The van der Waals surface area contributed by atoms with Crippen molar-refractivity contribution in [3.8, 4) is 11.3 Å². The number of aliphatic hydroxyl groups is 2. The quantitative estimate of drug-likeness (QED) is 0.0406. The van der Waals surface area contributed by atoms with E-state index in [-0.39, 0.29) is 23.8 Å². The molecule has 0 radical (unpaired) electrons. The second kappa shape index (κ2) is 28.7. The van der Waals surface area contributed by atoms with Gasteiger partial charge in [-0.15, -0.1) is 0 Å². The molecule has 14 heteroatoms. The van der Waals surface area contributed by atoms with Crippen molar-refractivity contribution >= 4 is 45.2 Å². The van der Waals surface area contributed by atoms with Crippen molar-refractivity contribution in [1.29, 1.82) is 0 Å². The minimum Gasteiger partial charge on any atom is -0.394 e. The molecule has 0 saturated carbocycles. The van der Waals surface area contributed by atoms with Gasteiger partial charge in [0.05, 0.1) is 19.3 Å². The van der Waals surface area contributed by atoms with Gasteiger partial charge in [-0.1, -0.05) is 137 Å². The van der Waals surface area contributed by atoms with Crippen LogP contribution in [-0.2, 0) is 14.4 Å². The van der Waals surface area contributed by atoms with Gasteiger partial charge in [0.15, 0.2) is 11.5 Å². The third-order valence-corrected chi connectivity index (χ3v) is 11.4.